The van der Waals surface area contributed by atoms with Crippen molar-refractivity contribution in [2.75, 3.05) is 11.8 Å². The fourth-order valence-corrected chi connectivity index (χ4v) is 2.77. The van der Waals surface area contributed by atoms with Gasteiger partial charge in [0.15, 0.2) is 11.6 Å². The monoisotopic (exact) mass is 311 g/mol. The molecule has 2 aromatic carbocycles. The molecule has 2 N–H and O–H groups in total. The zero-order valence-electron chi connectivity index (χ0n) is 11.4. The second-order valence-corrected chi connectivity index (χ2v) is 6.10. The molecule has 0 aromatic heterocycles. The van der Waals surface area contributed by atoms with Crippen LogP contribution in [-0.2, 0) is 10.0 Å². The molecule has 112 valence electrons. The van der Waals surface area contributed by atoms with E-state index < -0.39 is 21.6 Å². The highest BCUT2D eigenvalue weighted by Crippen LogP contribution is 2.32. The van der Waals surface area contributed by atoms with Crippen LogP contribution >= 0.6 is 0 Å². The van der Waals surface area contributed by atoms with Gasteiger partial charge in [0, 0.05) is 12.1 Å². The van der Waals surface area contributed by atoms with E-state index >= 15 is 0 Å². The molecule has 7 heteroatoms. The van der Waals surface area contributed by atoms with Crippen molar-refractivity contribution in [2.45, 2.75) is 11.8 Å². The lowest BCUT2D eigenvalue weighted by molar-refractivity contribution is 0.401. The zero-order chi connectivity index (χ0) is 15.6. The number of ether oxygens (including phenoxy) is 1. The van der Waals surface area contributed by atoms with E-state index in [9.17, 15) is 17.9 Å². The number of hydrogen-bond donors (Lipinski definition) is 2. The van der Waals surface area contributed by atoms with Gasteiger partial charge in [0.2, 0.25) is 0 Å². The summed E-state index contributed by atoms with van der Waals surface area (Å²) in [6.45, 7) is 1.84. The largest absolute Gasteiger partial charge is 0.505 e. The van der Waals surface area contributed by atoms with Gasteiger partial charge in [-0.3, -0.25) is 4.72 Å². The number of anilines is 1. The maximum Gasteiger partial charge on any atom is 0.262 e. The number of phenols is 1. The van der Waals surface area contributed by atoms with Gasteiger partial charge < -0.3 is 9.84 Å². The molecule has 0 atom stereocenters. The number of rotatable bonds is 4. The molecule has 0 aliphatic heterocycles. The summed E-state index contributed by atoms with van der Waals surface area (Å²) in [6, 6.07) is 8.09. The summed E-state index contributed by atoms with van der Waals surface area (Å²) in [5.74, 6) is -1.59. The van der Waals surface area contributed by atoms with Crippen LogP contribution in [0, 0.1) is 12.7 Å². The van der Waals surface area contributed by atoms with Crippen molar-refractivity contribution in [3.05, 3.63) is 47.8 Å². The number of methoxy groups -OCH3 is 1. The molecule has 0 heterocycles. The SMILES string of the molecule is COc1cc(F)c(O)cc1NS(=O)(=O)c1ccc(C)cc1. The molecule has 0 unspecified atom stereocenters. The lowest BCUT2D eigenvalue weighted by Crippen LogP contribution is -2.13. The van der Waals surface area contributed by atoms with Gasteiger partial charge in [-0.15, -0.1) is 0 Å². The first-order valence-electron chi connectivity index (χ1n) is 5.99. The Bertz CT molecular complexity index is 757. The van der Waals surface area contributed by atoms with Crippen LogP contribution in [0.15, 0.2) is 41.3 Å². The molecule has 0 saturated carbocycles. The number of aromatic hydroxyl groups is 1. The third kappa shape index (κ3) is 3.25. The Morgan fingerprint density at radius 3 is 2.38 bits per heavy atom. The summed E-state index contributed by atoms with van der Waals surface area (Å²) in [5.41, 5.74) is 0.878. The van der Waals surface area contributed by atoms with Crippen molar-refractivity contribution in [2.24, 2.45) is 0 Å². The molecule has 0 aliphatic carbocycles. The highest BCUT2D eigenvalue weighted by Gasteiger charge is 2.18. The minimum absolute atomic E-state index is 0.0269. The van der Waals surface area contributed by atoms with E-state index in [1.54, 1.807) is 12.1 Å². The highest BCUT2D eigenvalue weighted by atomic mass is 32.2. The third-order valence-corrected chi connectivity index (χ3v) is 4.23. The number of sulfonamides is 1. The van der Waals surface area contributed by atoms with Crippen LogP contribution in [0.25, 0.3) is 0 Å². The minimum Gasteiger partial charge on any atom is -0.505 e. The molecule has 21 heavy (non-hydrogen) atoms. The van der Waals surface area contributed by atoms with E-state index in [0.29, 0.717) is 0 Å². The van der Waals surface area contributed by atoms with Crippen LogP contribution in [0.3, 0.4) is 0 Å². The van der Waals surface area contributed by atoms with E-state index in [4.69, 9.17) is 4.74 Å². The molecule has 2 aromatic rings. The van der Waals surface area contributed by atoms with Gasteiger partial charge in [0.05, 0.1) is 17.7 Å². The number of halogens is 1. The van der Waals surface area contributed by atoms with Crippen molar-refractivity contribution in [3.63, 3.8) is 0 Å². The molecule has 0 saturated heterocycles. The van der Waals surface area contributed by atoms with E-state index in [0.717, 1.165) is 17.7 Å². The maximum atomic E-state index is 13.2. The Kier molecular flexibility index (Phi) is 4.04. The molecular formula is C14H14FNO4S. The molecule has 5 nitrogen and oxygen atoms in total. The van der Waals surface area contributed by atoms with Crippen molar-refractivity contribution < 1.29 is 22.7 Å². The Balaban J connectivity index is 2.41. The van der Waals surface area contributed by atoms with Crippen molar-refractivity contribution in [1.82, 2.24) is 0 Å². The van der Waals surface area contributed by atoms with Crippen molar-refractivity contribution >= 4 is 15.7 Å². The number of hydrogen-bond acceptors (Lipinski definition) is 4. The molecular weight excluding hydrogens is 297 g/mol. The fraction of sp³-hybridized carbons (Fsp3) is 0.143. The first-order valence-corrected chi connectivity index (χ1v) is 7.48. The standard InChI is InChI=1S/C14H14FNO4S/c1-9-3-5-10(6-4-9)21(18,19)16-12-8-13(17)11(15)7-14(12)20-2/h3-8,16-17H,1-2H3. The maximum absolute atomic E-state index is 13.2. The average molecular weight is 311 g/mol. The van der Waals surface area contributed by atoms with Crippen molar-refractivity contribution in [1.29, 1.82) is 0 Å². The second kappa shape index (κ2) is 5.61. The number of benzene rings is 2. The van der Waals surface area contributed by atoms with E-state index in [1.165, 1.54) is 19.2 Å². The summed E-state index contributed by atoms with van der Waals surface area (Å²) < 4.78 is 44.9. The number of aryl methyl sites for hydroxylation is 1. The van der Waals surface area contributed by atoms with E-state index in [1.807, 2.05) is 6.92 Å². The summed E-state index contributed by atoms with van der Waals surface area (Å²) in [6.07, 6.45) is 0. The van der Waals surface area contributed by atoms with Gasteiger partial charge in [-0.05, 0) is 19.1 Å². The summed E-state index contributed by atoms with van der Waals surface area (Å²) >= 11 is 0. The fourth-order valence-electron chi connectivity index (χ4n) is 1.71. The lowest BCUT2D eigenvalue weighted by Gasteiger charge is -2.12. The number of phenolic OH excluding ortho intramolecular Hbond substituents is 1. The van der Waals surface area contributed by atoms with Gasteiger partial charge in [-0.1, -0.05) is 17.7 Å². The predicted octanol–water partition coefficient (Wildman–Crippen LogP) is 2.65. The minimum atomic E-state index is -3.86. The molecule has 2 rings (SSSR count). The van der Waals surface area contributed by atoms with Gasteiger partial charge in [-0.25, -0.2) is 12.8 Å². The second-order valence-electron chi connectivity index (χ2n) is 4.42. The summed E-state index contributed by atoms with van der Waals surface area (Å²) in [5, 5.41) is 9.36. The first kappa shape index (κ1) is 15.1. The Morgan fingerprint density at radius 2 is 1.81 bits per heavy atom. The number of nitrogens with one attached hydrogen (secondary N) is 1. The Labute approximate surface area is 122 Å². The van der Waals surface area contributed by atoms with Gasteiger partial charge >= 0.3 is 0 Å². The van der Waals surface area contributed by atoms with Crippen LogP contribution in [-0.4, -0.2) is 20.6 Å². The van der Waals surface area contributed by atoms with Crippen molar-refractivity contribution in [3.8, 4) is 11.5 Å². The smallest absolute Gasteiger partial charge is 0.262 e. The zero-order valence-corrected chi connectivity index (χ0v) is 12.2. The molecule has 0 amide bonds. The quantitative estimate of drug-likeness (QED) is 0.910. The van der Waals surface area contributed by atoms with Gasteiger partial charge in [0.25, 0.3) is 10.0 Å². The average Bonchev–Trinajstić information content (AvgIpc) is 2.42. The first-order chi connectivity index (χ1) is 9.83. The third-order valence-electron chi connectivity index (χ3n) is 2.84. The molecule has 0 aliphatic rings. The topological polar surface area (TPSA) is 75.6 Å². The predicted molar refractivity (Wildman–Crippen MR) is 76.6 cm³/mol. The normalized spacial score (nSPS) is 11.2. The highest BCUT2D eigenvalue weighted by molar-refractivity contribution is 7.92. The van der Waals surface area contributed by atoms with E-state index in [2.05, 4.69) is 4.72 Å². The summed E-state index contributed by atoms with van der Waals surface area (Å²) in [4.78, 5) is 0.0546. The van der Waals surface area contributed by atoms with Gasteiger partial charge in [0.1, 0.15) is 5.75 Å². The van der Waals surface area contributed by atoms with Crippen LogP contribution in [0.2, 0.25) is 0 Å². The Morgan fingerprint density at radius 1 is 1.19 bits per heavy atom. The summed E-state index contributed by atoms with van der Waals surface area (Å²) in [7, 11) is -2.58. The van der Waals surface area contributed by atoms with Crippen LogP contribution < -0.4 is 9.46 Å². The van der Waals surface area contributed by atoms with E-state index in [-0.39, 0.29) is 16.3 Å². The lowest BCUT2D eigenvalue weighted by atomic mass is 10.2. The van der Waals surface area contributed by atoms with Crippen LogP contribution in [0.5, 0.6) is 11.5 Å². The van der Waals surface area contributed by atoms with Gasteiger partial charge in [-0.2, -0.15) is 0 Å². The molecule has 0 radical (unpaired) electrons. The van der Waals surface area contributed by atoms with Crippen LogP contribution in [0.1, 0.15) is 5.56 Å². The molecule has 0 bridgehead atoms. The molecule has 0 fully saturated rings. The Hall–Kier alpha value is -2.28. The molecule has 0 spiro atoms. The van der Waals surface area contributed by atoms with Crippen LogP contribution in [0.4, 0.5) is 10.1 Å².